The zero-order chi connectivity index (χ0) is 35.0. The molecule has 1 fully saturated rings. The Balaban J connectivity index is 1.59. The Bertz CT molecular complexity index is 1520. The molecule has 0 saturated carbocycles. The molecule has 1 aliphatic heterocycles. The summed E-state index contributed by atoms with van der Waals surface area (Å²) < 4.78 is 59.1. The minimum atomic E-state index is -1.40. The molecule has 0 spiro atoms. The van der Waals surface area contributed by atoms with Crippen LogP contribution in [0, 0.1) is 17.5 Å². The number of rotatable bonds is 10. The van der Waals surface area contributed by atoms with Gasteiger partial charge in [-0.25, -0.2) is 22.8 Å². The monoisotopic (exact) mass is 672 g/mol. The van der Waals surface area contributed by atoms with Crippen molar-refractivity contribution in [2.24, 2.45) is 0 Å². The average molecular weight is 673 g/mol. The van der Waals surface area contributed by atoms with Crippen molar-refractivity contribution in [2.75, 3.05) is 32.2 Å². The van der Waals surface area contributed by atoms with Gasteiger partial charge in [0, 0.05) is 11.5 Å². The van der Waals surface area contributed by atoms with Crippen molar-refractivity contribution in [3.05, 3.63) is 95.1 Å². The van der Waals surface area contributed by atoms with Crippen LogP contribution in [0.2, 0.25) is 0 Å². The zero-order valence-corrected chi connectivity index (χ0v) is 27.0. The van der Waals surface area contributed by atoms with Crippen molar-refractivity contribution >= 4 is 23.8 Å². The van der Waals surface area contributed by atoms with E-state index in [0.717, 1.165) is 13.3 Å². The van der Waals surface area contributed by atoms with Crippen molar-refractivity contribution in [1.82, 2.24) is 15.2 Å². The number of anilines is 1. The maximum absolute atomic E-state index is 15.3. The van der Waals surface area contributed by atoms with Crippen LogP contribution in [0.15, 0.2) is 60.9 Å². The van der Waals surface area contributed by atoms with E-state index in [1.54, 1.807) is 20.8 Å². The van der Waals surface area contributed by atoms with Crippen molar-refractivity contribution in [1.29, 1.82) is 0 Å². The maximum Gasteiger partial charge on any atom is 0.410 e. The molecule has 258 valence electrons. The van der Waals surface area contributed by atoms with Gasteiger partial charge in [-0.1, -0.05) is 24.3 Å². The van der Waals surface area contributed by atoms with Crippen LogP contribution >= 0.6 is 0 Å². The molecule has 3 aromatic rings. The minimum absolute atomic E-state index is 0.0154. The minimum Gasteiger partial charge on any atom is -0.453 e. The first-order valence-electron chi connectivity index (χ1n) is 15.3. The standard InChI is InChI=1S/C34H39F3N4O7/c1-34(2,3)48-33(45)41-17-25(47-19-24(41)18-42)13-14-26-27(37)15-38-16-28(26)39-31(43)30(40-32(44)46-4)29(20-5-9-22(35)10-6-20)21-7-11-23(36)12-8-21/h5-12,15-16,24-25,29-30,42H,13-14,17-19H2,1-4H3,(H,39,43)(H,40,44)/t24-,25-,30-/m1/s1. The molecule has 3 amide bonds. The Morgan fingerprint density at radius 3 is 2.17 bits per heavy atom. The Kier molecular flexibility index (Phi) is 12.0. The third-order valence-electron chi connectivity index (χ3n) is 7.72. The molecule has 3 atom stereocenters. The van der Waals surface area contributed by atoms with Gasteiger partial charge in [-0.3, -0.25) is 14.7 Å². The topological polar surface area (TPSA) is 139 Å². The van der Waals surface area contributed by atoms with E-state index in [0.29, 0.717) is 11.1 Å². The van der Waals surface area contributed by atoms with E-state index in [1.165, 1.54) is 59.6 Å². The lowest BCUT2D eigenvalue weighted by atomic mass is 9.84. The van der Waals surface area contributed by atoms with E-state index in [-0.39, 0.29) is 43.9 Å². The van der Waals surface area contributed by atoms with Crippen LogP contribution in [0.1, 0.15) is 49.8 Å². The summed E-state index contributed by atoms with van der Waals surface area (Å²) >= 11 is 0. The first kappa shape index (κ1) is 36.2. The number of aliphatic hydroxyl groups excluding tert-OH is 1. The normalized spacial score (nSPS) is 17.1. The number of nitrogens with one attached hydrogen (secondary N) is 2. The molecule has 48 heavy (non-hydrogen) atoms. The fourth-order valence-corrected chi connectivity index (χ4v) is 5.37. The number of pyridine rings is 1. The largest absolute Gasteiger partial charge is 0.453 e. The van der Waals surface area contributed by atoms with E-state index in [9.17, 15) is 28.3 Å². The molecule has 14 heteroatoms. The summed E-state index contributed by atoms with van der Waals surface area (Å²) in [5.74, 6) is -3.52. The zero-order valence-electron chi connectivity index (χ0n) is 27.0. The fourth-order valence-electron chi connectivity index (χ4n) is 5.37. The van der Waals surface area contributed by atoms with Gasteiger partial charge in [0.05, 0.1) is 57.1 Å². The Morgan fingerprint density at radius 2 is 1.62 bits per heavy atom. The number of benzene rings is 2. The molecule has 0 bridgehead atoms. The molecule has 2 aromatic carbocycles. The van der Waals surface area contributed by atoms with Gasteiger partial charge in [0.15, 0.2) is 0 Å². The smallest absolute Gasteiger partial charge is 0.410 e. The third kappa shape index (κ3) is 9.44. The summed E-state index contributed by atoms with van der Waals surface area (Å²) in [6.45, 7) is 4.97. The summed E-state index contributed by atoms with van der Waals surface area (Å²) in [4.78, 5) is 44.6. The van der Waals surface area contributed by atoms with Crippen LogP contribution < -0.4 is 10.6 Å². The number of carbonyl (C=O) groups excluding carboxylic acids is 3. The highest BCUT2D eigenvalue weighted by Gasteiger charge is 2.36. The van der Waals surface area contributed by atoms with Gasteiger partial charge in [-0.15, -0.1) is 0 Å². The summed E-state index contributed by atoms with van der Waals surface area (Å²) in [6.07, 6.45) is 0.407. The molecular weight excluding hydrogens is 633 g/mol. The lowest BCUT2D eigenvalue weighted by Crippen LogP contribution is -2.55. The number of hydrogen-bond donors (Lipinski definition) is 3. The highest BCUT2D eigenvalue weighted by Crippen LogP contribution is 2.31. The number of halogens is 3. The molecule has 2 heterocycles. The number of aliphatic hydroxyl groups is 1. The highest BCUT2D eigenvalue weighted by atomic mass is 19.1. The first-order chi connectivity index (χ1) is 22.8. The van der Waals surface area contributed by atoms with Gasteiger partial charge < -0.3 is 30.0 Å². The molecule has 1 saturated heterocycles. The van der Waals surface area contributed by atoms with Crippen LogP contribution in [-0.4, -0.2) is 83.7 Å². The van der Waals surface area contributed by atoms with Crippen LogP contribution in [0.3, 0.4) is 0 Å². The van der Waals surface area contributed by atoms with E-state index in [1.807, 2.05) is 0 Å². The second-order valence-corrected chi connectivity index (χ2v) is 12.3. The van der Waals surface area contributed by atoms with E-state index in [4.69, 9.17) is 14.2 Å². The number of aromatic nitrogens is 1. The number of ether oxygens (including phenoxy) is 3. The third-order valence-corrected chi connectivity index (χ3v) is 7.72. The van der Waals surface area contributed by atoms with Gasteiger partial charge in [-0.05, 0) is 69.0 Å². The molecule has 11 nitrogen and oxygen atoms in total. The summed E-state index contributed by atoms with van der Waals surface area (Å²) in [6, 6.07) is 8.48. The van der Waals surface area contributed by atoms with Gasteiger partial charge in [0.25, 0.3) is 0 Å². The Labute approximate surface area is 276 Å². The van der Waals surface area contributed by atoms with E-state index < -0.39 is 65.3 Å². The fraction of sp³-hybridized carbons (Fsp3) is 0.412. The lowest BCUT2D eigenvalue weighted by molar-refractivity contribution is -0.118. The lowest BCUT2D eigenvalue weighted by Gasteiger charge is -2.39. The summed E-state index contributed by atoms with van der Waals surface area (Å²) in [5.41, 5.74) is 0.184. The van der Waals surface area contributed by atoms with Gasteiger partial charge in [-0.2, -0.15) is 0 Å². The summed E-state index contributed by atoms with van der Waals surface area (Å²) in [5, 5.41) is 15.0. The van der Waals surface area contributed by atoms with Crippen molar-refractivity contribution in [3.63, 3.8) is 0 Å². The predicted octanol–water partition coefficient (Wildman–Crippen LogP) is 4.92. The highest BCUT2D eigenvalue weighted by molar-refractivity contribution is 5.98. The number of hydrogen-bond acceptors (Lipinski definition) is 8. The maximum atomic E-state index is 15.3. The second kappa shape index (κ2) is 15.9. The molecule has 4 rings (SSSR count). The van der Waals surface area contributed by atoms with Crippen LogP contribution in [0.25, 0.3) is 0 Å². The molecule has 1 aromatic heterocycles. The molecule has 3 N–H and O–H groups in total. The van der Waals surface area contributed by atoms with E-state index in [2.05, 4.69) is 15.6 Å². The van der Waals surface area contributed by atoms with Crippen molar-refractivity contribution < 1.29 is 46.9 Å². The van der Waals surface area contributed by atoms with Crippen molar-refractivity contribution in [2.45, 2.75) is 63.3 Å². The van der Waals surface area contributed by atoms with Gasteiger partial charge >= 0.3 is 12.2 Å². The Hall–Kier alpha value is -4.69. The van der Waals surface area contributed by atoms with Crippen LogP contribution in [0.4, 0.5) is 28.4 Å². The van der Waals surface area contributed by atoms with Gasteiger partial charge in [0.1, 0.15) is 29.1 Å². The second-order valence-electron chi connectivity index (χ2n) is 12.3. The van der Waals surface area contributed by atoms with Crippen LogP contribution in [-0.2, 0) is 25.4 Å². The number of morpholine rings is 1. The van der Waals surface area contributed by atoms with Gasteiger partial charge in [0.2, 0.25) is 5.91 Å². The molecule has 0 unspecified atom stereocenters. The van der Waals surface area contributed by atoms with E-state index >= 15 is 4.39 Å². The van der Waals surface area contributed by atoms with Crippen molar-refractivity contribution in [3.8, 4) is 0 Å². The predicted molar refractivity (Wildman–Crippen MR) is 169 cm³/mol. The van der Waals surface area contributed by atoms with Crippen LogP contribution in [0.5, 0.6) is 0 Å². The molecule has 0 aliphatic carbocycles. The number of alkyl carbamates (subject to hydrolysis) is 1. The molecule has 1 aliphatic rings. The summed E-state index contributed by atoms with van der Waals surface area (Å²) in [7, 11) is 1.11. The SMILES string of the molecule is COC(=O)N[C@@H](C(=O)Nc1cncc(F)c1CC[C@@H]1CN(C(=O)OC(C)(C)C)[C@H](CO)CO1)C(c1ccc(F)cc1)c1ccc(F)cc1. The average Bonchev–Trinajstić information content (AvgIpc) is 3.04. The molecule has 0 radical (unpaired) electrons. The first-order valence-corrected chi connectivity index (χ1v) is 15.3. The Morgan fingerprint density at radius 1 is 1.02 bits per heavy atom. The number of amides is 3. The number of nitrogens with zero attached hydrogens (tertiary/aromatic N) is 2. The molecular formula is C34H39F3N4O7. The quantitative estimate of drug-likeness (QED) is 0.276. The number of carbonyl (C=O) groups is 3. The number of methoxy groups -OCH3 is 1.